The predicted molar refractivity (Wildman–Crippen MR) is 94.9 cm³/mol. The number of para-hydroxylation sites is 1. The molecule has 0 fully saturated rings. The molecule has 1 amide bonds. The summed E-state index contributed by atoms with van der Waals surface area (Å²) in [5, 5.41) is 25.6. The van der Waals surface area contributed by atoms with Gasteiger partial charge in [0.05, 0.1) is 5.52 Å². The summed E-state index contributed by atoms with van der Waals surface area (Å²) >= 11 is 0. The standard InChI is InChI=1S/C18H23N3O5/c1-18(2,3)15(17(25)26)19-16(24)14-11-7-4-5-8-12(11)21(20-14)10-6-9-13(22)23/h4-5,7-8,15H,6,9-10H2,1-3H3,(H,19,24)(H,22,23)(H,25,26). The van der Waals surface area contributed by atoms with Gasteiger partial charge in [-0.3, -0.25) is 14.3 Å². The molecule has 0 spiro atoms. The molecular formula is C18H23N3O5. The number of benzene rings is 1. The molecule has 1 atom stereocenters. The summed E-state index contributed by atoms with van der Waals surface area (Å²) < 4.78 is 1.58. The van der Waals surface area contributed by atoms with Crippen molar-refractivity contribution in [3.05, 3.63) is 30.0 Å². The van der Waals surface area contributed by atoms with E-state index in [1.165, 1.54) is 0 Å². The van der Waals surface area contributed by atoms with Crippen LogP contribution in [0.3, 0.4) is 0 Å². The molecule has 0 bridgehead atoms. The number of carboxylic acid groups (broad SMARTS) is 2. The number of hydrogen-bond acceptors (Lipinski definition) is 4. The number of nitrogens with one attached hydrogen (secondary N) is 1. The fourth-order valence-corrected chi connectivity index (χ4v) is 2.69. The minimum absolute atomic E-state index is 0.000823. The van der Waals surface area contributed by atoms with Crippen molar-refractivity contribution in [2.45, 2.75) is 46.2 Å². The van der Waals surface area contributed by atoms with Crippen LogP contribution in [0.25, 0.3) is 10.9 Å². The largest absolute Gasteiger partial charge is 0.481 e. The minimum Gasteiger partial charge on any atom is -0.481 e. The summed E-state index contributed by atoms with van der Waals surface area (Å²) in [7, 11) is 0. The third-order valence-corrected chi connectivity index (χ3v) is 4.02. The van der Waals surface area contributed by atoms with Crippen molar-refractivity contribution in [2.24, 2.45) is 5.41 Å². The molecule has 1 aromatic carbocycles. The van der Waals surface area contributed by atoms with Crippen LogP contribution in [0, 0.1) is 5.41 Å². The van der Waals surface area contributed by atoms with E-state index in [1.807, 2.05) is 0 Å². The maximum Gasteiger partial charge on any atom is 0.326 e. The molecule has 8 nitrogen and oxygen atoms in total. The van der Waals surface area contributed by atoms with Crippen LogP contribution < -0.4 is 5.32 Å². The van der Waals surface area contributed by atoms with Gasteiger partial charge >= 0.3 is 11.9 Å². The van der Waals surface area contributed by atoms with E-state index < -0.39 is 29.3 Å². The lowest BCUT2D eigenvalue weighted by Crippen LogP contribution is -2.49. The van der Waals surface area contributed by atoms with E-state index in [0.29, 0.717) is 23.9 Å². The first-order chi connectivity index (χ1) is 12.1. The maximum absolute atomic E-state index is 12.7. The minimum atomic E-state index is -1.11. The van der Waals surface area contributed by atoms with E-state index in [0.717, 1.165) is 0 Å². The van der Waals surface area contributed by atoms with Gasteiger partial charge in [0.1, 0.15) is 6.04 Å². The molecule has 0 radical (unpaired) electrons. The van der Waals surface area contributed by atoms with Gasteiger partial charge in [-0.15, -0.1) is 0 Å². The number of aliphatic carboxylic acids is 2. The van der Waals surface area contributed by atoms with Gasteiger partial charge < -0.3 is 15.5 Å². The number of aromatic nitrogens is 2. The fourth-order valence-electron chi connectivity index (χ4n) is 2.69. The van der Waals surface area contributed by atoms with Crippen LogP contribution >= 0.6 is 0 Å². The van der Waals surface area contributed by atoms with Gasteiger partial charge in [-0.1, -0.05) is 39.0 Å². The summed E-state index contributed by atoms with van der Waals surface area (Å²) in [5.74, 6) is -2.58. The smallest absolute Gasteiger partial charge is 0.326 e. The Morgan fingerprint density at radius 2 is 1.85 bits per heavy atom. The molecule has 0 aliphatic heterocycles. The number of aryl methyl sites for hydroxylation is 1. The average Bonchev–Trinajstić information content (AvgIpc) is 2.90. The zero-order chi connectivity index (χ0) is 19.5. The second kappa shape index (κ2) is 7.55. The Labute approximate surface area is 150 Å². The molecule has 3 N–H and O–H groups in total. The Hall–Kier alpha value is -2.90. The van der Waals surface area contributed by atoms with Gasteiger partial charge in [0, 0.05) is 18.4 Å². The van der Waals surface area contributed by atoms with Crippen LogP contribution in [-0.4, -0.2) is 43.9 Å². The molecule has 0 saturated carbocycles. The molecule has 0 aliphatic rings. The number of amides is 1. The molecule has 1 unspecified atom stereocenters. The quantitative estimate of drug-likeness (QED) is 0.694. The van der Waals surface area contributed by atoms with E-state index in [4.69, 9.17) is 5.11 Å². The first-order valence-corrected chi connectivity index (χ1v) is 8.32. The summed E-state index contributed by atoms with van der Waals surface area (Å²) in [6.45, 7) is 5.54. The average molecular weight is 361 g/mol. The highest BCUT2D eigenvalue weighted by Crippen LogP contribution is 2.22. The maximum atomic E-state index is 12.7. The van der Waals surface area contributed by atoms with Crippen molar-refractivity contribution in [1.82, 2.24) is 15.1 Å². The van der Waals surface area contributed by atoms with E-state index in [9.17, 15) is 19.5 Å². The molecule has 0 aliphatic carbocycles. The van der Waals surface area contributed by atoms with Gasteiger partial charge in [0.25, 0.3) is 5.91 Å². The Morgan fingerprint density at radius 1 is 1.19 bits per heavy atom. The second-order valence-corrected chi connectivity index (χ2v) is 7.20. The van der Waals surface area contributed by atoms with E-state index >= 15 is 0 Å². The van der Waals surface area contributed by atoms with Gasteiger partial charge in [-0.2, -0.15) is 5.10 Å². The zero-order valence-corrected chi connectivity index (χ0v) is 15.0. The summed E-state index contributed by atoms with van der Waals surface area (Å²) in [5.41, 5.74) is 0.165. The highest BCUT2D eigenvalue weighted by molar-refractivity contribution is 6.06. The third-order valence-electron chi connectivity index (χ3n) is 4.02. The Balaban J connectivity index is 2.32. The number of hydrogen-bond donors (Lipinski definition) is 3. The van der Waals surface area contributed by atoms with Crippen LogP contribution in [0.5, 0.6) is 0 Å². The van der Waals surface area contributed by atoms with Gasteiger partial charge in [-0.05, 0) is 17.9 Å². The van der Waals surface area contributed by atoms with E-state index in [-0.39, 0.29) is 12.1 Å². The number of rotatable bonds is 7. The summed E-state index contributed by atoms with van der Waals surface area (Å²) in [6.07, 6.45) is 0.378. The Kier molecular flexibility index (Phi) is 5.64. The molecule has 1 aromatic heterocycles. The number of nitrogens with zero attached hydrogens (tertiary/aromatic N) is 2. The van der Waals surface area contributed by atoms with Crippen LogP contribution in [0.4, 0.5) is 0 Å². The molecule has 2 rings (SSSR count). The van der Waals surface area contributed by atoms with Crippen molar-refractivity contribution >= 4 is 28.7 Å². The Bertz CT molecular complexity index is 835. The highest BCUT2D eigenvalue weighted by atomic mass is 16.4. The lowest BCUT2D eigenvalue weighted by molar-refractivity contribution is -0.142. The van der Waals surface area contributed by atoms with E-state index in [2.05, 4.69) is 10.4 Å². The number of carboxylic acids is 2. The van der Waals surface area contributed by atoms with Gasteiger partial charge in [0.2, 0.25) is 0 Å². The highest BCUT2D eigenvalue weighted by Gasteiger charge is 2.33. The van der Waals surface area contributed by atoms with Crippen molar-refractivity contribution in [2.75, 3.05) is 0 Å². The zero-order valence-electron chi connectivity index (χ0n) is 15.0. The fraction of sp³-hybridized carbons (Fsp3) is 0.444. The number of carbonyl (C=O) groups is 3. The molecule has 26 heavy (non-hydrogen) atoms. The first kappa shape index (κ1) is 19.4. The molecule has 2 aromatic rings. The molecular weight excluding hydrogens is 338 g/mol. The van der Waals surface area contributed by atoms with Crippen molar-refractivity contribution < 1.29 is 24.6 Å². The van der Waals surface area contributed by atoms with E-state index in [1.54, 1.807) is 49.7 Å². The van der Waals surface area contributed by atoms with Crippen LogP contribution in [0.2, 0.25) is 0 Å². The first-order valence-electron chi connectivity index (χ1n) is 8.32. The predicted octanol–water partition coefficient (Wildman–Crippen LogP) is 2.13. The normalized spacial score (nSPS) is 12.7. The molecule has 140 valence electrons. The summed E-state index contributed by atoms with van der Waals surface area (Å²) in [6, 6.07) is 6.02. The van der Waals surface area contributed by atoms with Gasteiger partial charge in [0.15, 0.2) is 5.69 Å². The molecule has 1 heterocycles. The monoisotopic (exact) mass is 361 g/mol. The SMILES string of the molecule is CC(C)(C)C(NC(=O)c1nn(CCCC(=O)O)c2ccccc12)C(=O)O. The molecule has 0 saturated heterocycles. The topological polar surface area (TPSA) is 122 Å². The lowest BCUT2D eigenvalue weighted by Gasteiger charge is -2.27. The van der Waals surface area contributed by atoms with Crippen molar-refractivity contribution in [1.29, 1.82) is 0 Å². The summed E-state index contributed by atoms with van der Waals surface area (Å²) in [4.78, 5) is 34.9. The van der Waals surface area contributed by atoms with Crippen molar-refractivity contribution in [3.8, 4) is 0 Å². The second-order valence-electron chi connectivity index (χ2n) is 7.20. The van der Waals surface area contributed by atoms with Crippen LogP contribution in [0.1, 0.15) is 44.1 Å². The third kappa shape index (κ3) is 4.38. The van der Waals surface area contributed by atoms with Crippen molar-refractivity contribution in [3.63, 3.8) is 0 Å². The molecule has 8 heteroatoms. The number of fused-ring (bicyclic) bond motifs is 1. The Morgan fingerprint density at radius 3 is 2.42 bits per heavy atom. The van der Waals surface area contributed by atoms with Crippen LogP contribution in [0.15, 0.2) is 24.3 Å². The lowest BCUT2D eigenvalue weighted by atomic mass is 9.86. The number of carbonyl (C=O) groups excluding carboxylic acids is 1. The van der Waals surface area contributed by atoms with Crippen LogP contribution in [-0.2, 0) is 16.1 Å². The van der Waals surface area contributed by atoms with Gasteiger partial charge in [-0.25, -0.2) is 4.79 Å².